The summed E-state index contributed by atoms with van der Waals surface area (Å²) in [6.07, 6.45) is -0.183. The molecule has 0 amide bonds. The Kier molecular flexibility index (Phi) is 2.27. The molecule has 0 unspecified atom stereocenters. The molecule has 0 saturated carbocycles. The van der Waals surface area contributed by atoms with Gasteiger partial charge in [0, 0.05) is 0 Å². The van der Waals surface area contributed by atoms with Crippen LogP contribution in [0.2, 0.25) is 0 Å². The van der Waals surface area contributed by atoms with Crippen LogP contribution in [0, 0.1) is 0 Å². The van der Waals surface area contributed by atoms with E-state index in [-0.39, 0.29) is 6.10 Å². The van der Waals surface area contributed by atoms with E-state index in [1.54, 1.807) is 0 Å². The Hall–Kier alpha value is -1.58. The Morgan fingerprint density at radius 3 is 1.88 bits per heavy atom. The number of fused-ring (bicyclic) bond motifs is 3. The molecule has 2 nitrogen and oxygen atoms in total. The first kappa shape index (κ1) is 9.64. The van der Waals surface area contributed by atoms with Crippen molar-refractivity contribution < 1.29 is 9.68 Å². The van der Waals surface area contributed by atoms with Crippen molar-refractivity contribution in [2.45, 2.75) is 6.10 Å². The highest BCUT2D eigenvalue weighted by Crippen LogP contribution is 2.44. The Balaban J connectivity index is 2.21. The fraction of sp³-hybridized carbons (Fsp3) is 0.0769. The molecular weight excluding hydrogens is 199 g/mol. The van der Waals surface area contributed by atoms with Gasteiger partial charge >= 0.3 is 7.69 Å². The Morgan fingerprint density at radius 2 is 1.38 bits per heavy atom. The SMILES string of the molecule is O[B]OC1c2ccccc2-c2ccccc21. The third-order valence-electron chi connectivity index (χ3n) is 2.97. The van der Waals surface area contributed by atoms with E-state index < -0.39 is 0 Å². The maximum atomic E-state index is 8.83. The standard InChI is InChI=1S/C13H10BO2/c15-14-16-13-11-7-3-1-5-9(11)10-6-2-4-8-12(10)13/h1-8,13,15H. The van der Waals surface area contributed by atoms with Gasteiger partial charge in [0.2, 0.25) is 0 Å². The molecule has 1 aliphatic rings. The minimum absolute atomic E-state index is 0.183. The molecule has 1 radical (unpaired) electrons. The maximum Gasteiger partial charge on any atom is 0.485 e. The molecule has 1 N–H and O–H groups in total. The van der Waals surface area contributed by atoms with E-state index in [1.165, 1.54) is 11.1 Å². The smallest absolute Gasteiger partial charge is 0.429 e. The molecule has 77 valence electrons. The van der Waals surface area contributed by atoms with Gasteiger partial charge in [-0.1, -0.05) is 48.5 Å². The minimum Gasteiger partial charge on any atom is -0.429 e. The molecule has 0 aromatic heterocycles. The predicted molar refractivity (Wildman–Crippen MR) is 62.8 cm³/mol. The third kappa shape index (κ3) is 1.29. The van der Waals surface area contributed by atoms with Crippen LogP contribution in [0.5, 0.6) is 0 Å². The van der Waals surface area contributed by atoms with E-state index in [1.807, 2.05) is 36.4 Å². The largest absolute Gasteiger partial charge is 0.485 e. The van der Waals surface area contributed by atoms with Gasteiger partial charge < -0.3 is 9.68 Å². The van der Waals surface area contributed by atoms with E-state index in [9.17, 15) is 0 Å². The van der Waals surface area contributed by atoms with Crippen LogP contribution in [-0.4, -0.2) is 12.7 Å². The van der Waals surface area contributed by atoms with Crippen LogP contribution >= 0.6 is 0 Å². The molecule has 0 saturated heterocycles. The van der Waals surface area contributed by atoms with Crippen molar-refractivity contribution in [3.05, 3.63) is 59.7 Å². The fourth-order valence-electron chi connectivity index (χ4n) is 2.32. The lowest BCUT2D eigenvalue weighted by Gasteiger charge is -2.12. The zero-order chi connectivity index (χ0) is 11.0. The first-order chi connectivity index (χ1) is 7.92. The van der Waals surface area contributed by atoms with Crippen molar-refractivity contribution >= 4 is 7.69 Å². The van der Waals surface area contributed by atoms with Gasteiger partial charge in [-0.2, -0.15) is 0 Å². The molecule has 0 spiro atoms. The van der Waals surface area contributed by atoms with Gasteiger partial charge in [-0.3, -0.25) is 0 Å². The fourth-order valence-corrected chi connectivity index (χ4v) is 2.32. The number of hydrogen-bond donors (Lipinski definition) is 1. The zero-order valence-electron chi connectivity index (χ0n) is 8.63. The number of rotatable bonds is 2. The van der Waals surface area contributed by atoms with Gasteiger partial charge in [0.05, 0.1) is 6.10 Å². The first-order valence-electron chi connectivity index (χ1n) is 5.21. The Bertz CT molecular complexity index is 479. The molecule has 0 fully saturated rings. The molecule has 0 heterocycles. The van der Waals surface area contributed by atoms with Crippen molar-refractivity contribution in [2.24, 2.45) is 0 Å². The van der Waals surface area contributed by atoms with Gasteiger partial charge in [0.25, 0.3) is 0 Å². The first-order valence-corrected chi connectivity index (χ1v) is 5.21. The van der Waals surface area contributed by atoms with Gasteiger partial charge in [-0.15, -0.1) is 0 Å². The maximum absolute atomic E-state index is 8.83. The molecule has 3 heteroatoms. The van der Waals surface area contributed by atoms with Gasteiger partial charge in [-0.05, 0) is 22.3 Å². The Labute approximate surface area is 94.8 Å². The summed E-state index contributed by atoms with van der Waals surface area (Å²) in [7, 11) is 0.767. The normalized spacial score (nSPS) is 13.3. The van der Waals surface area contributed by atoms with E-state index in [2.05, 4.69) is 12.1 Å². The summed E-state index contributed by atoms with van der Waals surface area (Å²) in [5.74, 6) is 0. The highest BCUT2D eigenvalue weighted by Gasteiger charge is 2.28. The van der Waals surface area contributed by atoms with Crippen molar-refractivity contribution in [1.29, 1.82) is 0 Å². The summed E-state index contributed by atoms with van der Waals surface area (Å²) < 4.78 is 5.29. The van der Waals surface area contributed by atoms with Crippen molar-refractivity contribution in [3.8, 4) is 11.1 Å². The second-order valence-electron chi connectivity index (χ2n) is 3.80. The molecule has 0 aliphatic heterocycles. The molecule has 16 heavy (non-hydrogen) atoms. The summed E-state index contributed by atoms with van der Waals surface area (Å²) in [4.78, 5) is 0. The van der Waals surface area contributed by atoms with Crippen LogP contribution < -0.4 is 0 Å². The summed E-state index contributed by atoms with van der Waals surface area (Å²) >= 11 is 0. The lowest BCUT2D eigenvalue weighted by atomic mass is 10.1. The van der Waals surface area contributed by atoms with Gasteiger partial charge in [0.1, 0.15) is 0 Å². The van der Waals surface area contributed by atoms with Crippen molar-refractivity contribution in [1.82, 2.24) is 0 Å². The molecule has 2 aromatic carbocycles. The summed E-state index contributed by atoms with van der Waals surface area (Å²) in [6.45, 7) is 0. The molecule has 0 bridgehead atoms. The molecule has 2 aromatic rings. The predicted octanol–water partition coefficient (Wildman–Crippen LogP) is 2.30. The molecule has 1 aliphatic carbocycles. The molecular formula is C13H10BO2. The summed E-state index contributed by atoms with van der Waals surface area (Å²) in [5.41, 5.74) is 4.58. The number of hydrogen-bond acceptors (Lipinski definition) is 2. The van der Waals surface area contributed by atoms with Crippen LogP contribution in [0.25, 0.3) is 11.1 Å². The average molecular weight is 209 g/mol. The van der Waals surface area contributed by atoms with Crippen LogP contribution in [0.1, 0.15) is 17.2 Å². The third-order valence-corrected chi connectivity index (χ3v) is 2.97. The molecule has 3 rings (SSSR count). The zero-order valence-corrected chi connectivity index (χ0v) is 8.63. The quantitative estimate of drug-likeness (QED) is 0.769. The van der Waals surface area contributed by atoms with E-state index >= 15 is 0 Å². The van der Waals surface area contributed by atoms with Gasteiger partial charge in [0.15, 0.2) is 0 Å². The summed E-state index contributed by atoms with van der Waals surface area (Å²) in [5, 5.41) is 8.83. The van der Waals surface area contributed by atoms with Crippen LogP contribution in [0.3, 0.4) is 0 Å². The Morgan fingerprint density at radius 1 is 0.875 bits per heavy atom. The van der Waals surface area contributed by atoms with Crippen molar-refractivity contribution in [3.63, 3.8) is 0 Å². The molecule has 0 atom stereocenters. The highest BCUT2D eigenvalue weighted by atomic mass is 16.5. The van der Waals surface area contributed by atoms with Gasteiger partial charge in [-0.25, -0.2) is 0 Å². The van der Waals surface area contributed by atoms with E-state index in [4.69, 9.17) is 9.68 Å². The van der Waals surface area contributed by atoms with Crippen LogP contribution in [-0.2, 0) is 4.65 Å². The second-order valence-corrected chi connectivity index (χ2v) is 3.80. The lowest BCUT2D eigenvalue weighted by molar-refractivity contribution is 0.227. The monoisotopic (exact) mass is 209 g/mol. The lowest BCUT2D eigenvalue weighted by Crippen LogP contribution is -2.05. The van der Waals surface area contributed by atoms with Crippen molar-refractivity contribution in [2.75, 3.05) is 0 Å². The van der Waals surface area contributed by atoms with E-state index in [0.717, 1.165) is 18.8 Å². The van der Waals surface area contributed by atoms with Crippen LogP contribution in [0.15, 0.2) is 48.5 Å². The second kappa shape index (κ2) is 3.78. The van der Waals surface area contributed by atoms with E-state index in [0.29, 0.717) is 0 Å². The topological polar surface area (TPSA) is 29.5 Å². The summed E-state index contributed by atoms with van der Waals surface area (Å²) in [6, 6.07) is 16.2. The minimum atomic E-state index is -0.183. The number of benzene rings is 2. The van der Waals surface area contributed by atoms with Crippen LogP contribution in [0.4, 0.5) is 0 Å². The average Bonchev–Trinajstić information content (AvgIpc) is 2.66. The highest BCUT2D eigenvalue weighted by molar-refractivity contribution is 6.16.